The second-order valence-corrected chi connectivity index (χ2v) is 9.19. The Balaban J connectivity index is 1.81. The number of rotatable bonds is 6. The average molecular weight is 414 g/mol. The molecule has 0 unspecified atom stereocenters. The van der Waals surface area contributed by atoms with E-state index in [1.165, 1.54) is 4.90 Å². The van der Waals surface area contributed by atoms with Crippen molar-refractivity contribution >= 4 is 29.5 Å². The zero-order valence-electron chi connectivity index (χ0n) is 17.8. The van der Waals surface area contributed by atoms with Crippen molar-refractivity contribution in [3.05, 3.63) is 29.8 Å². The second-order valence-electron chi connectivity index (χ2n) is 9.19. The van der Waals surface area contributed by atoms with Crippen molar-refractivity contribution in [1.29, 1.82) is 0 Å². The minimum Gasteiger partial charge on any atom is -0.550 e. The molecule has 162 valence electrons. The summed E-state index contributed by atoms with van der Waals surface area (Å²) in [7, 11) is 0. The van der Waals surface area contributed by atoms with Crippen molar-refractivity contribution in [3.8, 4) is 0 Å². The van der Waals surface area contributed by atoms with Crippen LogP contribution in [0.5, 0.6) is 0 Å². The van der Waals surface area contributed by atoms with E-state index in [-0.39, 0.29) is 18.7 Å². The van der Waals surface area contributed by atoms with Crippen molar-refractivity contribution in [2.45, 2.75) is 65.0 Å². The van der Waals surface area contributed by atoms with Crippen molar-refractivity contribution in [1.82, 2.24) is 10.2 Å². The van der Waals surface area contributed by atoms with Gasteiger partial charge in [-0.05, 0) is 41.9 Å². The Hall–Kier alpha value is -2.90. The number of nitrogens with zero attached hydrogens (tertiary/aromatic N) is 2. The number of nitrogens with one attached hydrogen (secondary N) is 1. The number of imide groups is 1. The highest BCUT2D eigenvalue weighted by Crippen LogP contribution is 2.32. The van der Waals surface area contributed by atoms with Gasteiger partial charge in [-0.1, -0.05) is 39.8 Å². The summed E-state index contributed by atoms with van der Waals surface area (Å²) in [6.45, 7) is 7.81. The smallest absolute Gasteiger partial charge is 0.329 e. The van der Waals surface area contributed by atoms with Crippen LogP contribution in [0.4, 0.5) is 10.5 Å². The largest absolute Gasteiger partial charge is 0.550 e. The third kappa shape index (κ3) is 4.32. The maximum atomic E-state index is 13.3. The van der Waals surface area contributed by atoms with Gasteiger partial charge in [-0.3, -0.25) is 9.59 Å². The van der Waals surface area contributed by atoms with E-state index in [1.54, 1.807) is 26.0 Å². The monoisotopic (exact) mass is 414 g/mol. The van der Waals surface area contributed by atoms with E-state index in [4.69, 9.17) is 0 Å². The molecule has 30 heavy (non-hydrogen) atoms. The lowest BCUT2D eigenvalue weighted by Crippen LogP contribution is -2.65. The number of hydrogen-bond donors (Lipinski definition) is 1. The van der Waals surface area contributed by atoms with Crippen LogP contribution in [0.2, 0.25) is 0 Å². The fraction of sp³-hybridized carbons (Fsp3) is 0.545. The molecule has 0 saturated carbocycles. The molecule has 0 bridgehead atoms. The molecule has 2 aliphatic heterocycles. The van der Waals surface area contributed by atoms with E-state index < -0.39 is 35.4 Å². The molecule has 0 radical (unpaired) electrons. The Labute approximate surface area is 176 Å². The highest BCUT2D eigenvalue weighted by atomic mass is 16.4. The summed E-state index contributed by atoms with van der Waals surface area (Å²) >= 11 is 0. The summed E-state index contributed by atoms with van der Waals surface area (Å²) in [6, 6.07) is 5.50. The molecule has 0 aromatic heterocycles. The molecule has 1 aromatic carbocycles. The summed E-state index contributed by atoms with van der Waals surface area (Å²) in [6.07, 6.45) is 0.211. The third-order valence-electron chi connectivity index (χ3n) is 5.77. The maximum absolute atomic E-state index is 13.3. The predicted octanol–water partition coefficient (Wildman–Crippen LogP) is 1.39. The maximum Gasteiger partial charge on any atom is 0.329 e. The number of benzene rings is 1. The molecule has 1 aromatic rings. The molecule has 1 N–H and O–H groups in total. The summed E-state index contributed by atoms with van der Waals surface area (Å²) in [5.41, 5.74) is 0.757. The molecule has 8 nitrogen and oxygen atoms in total. The van der Waals surface area contributed by atoms with Crippen LogP contribution in [-0.2, 0) is 14.4 Å². The van der Waals surface area contributed by atoms with Gasteiger partial charge in [0.2, 0.25) is 5.91 Å². The second kappa shape index (κ2) is 8.08. The van der Waals surface area contributed by atoms with Crippen LogP contribution in [0.15, 0.2) is 24.3 Å². The standard InChI is InChI=1S/C22H29N3O5/c1-13(2)14-5-7-15(8-6-14)25-20(29)19-16(23-21(25)30)9-10-24(19)17(26)11-22(3,4)12-18(27)28/h5-8,13,16,19H,9-12H2,1-4H3,(H,23,30)(H,27,28)/p-1/t16-,19+/m1/s1. The van der Waals surface area contributed by atoms with E-state index >= 15 is 0 Å². The molecule has 4 amide bonds. The van der Waals surface area contributed by atoms with Crippen molar-refractivity contribution in [2.24, 2.45) is 5.41 Å². The predicted molar refractivity (Wildman–Crippen MR) is 108 cm³/mol. The molecule has 2 heterocycles. The summed E-state index contributed by atoms with van der Waals surface area (Å²) in [5, 5.41) is 13.8. The van der Waals surface area contributed by atoms with Gasteiger partial charge < -0.3 is 20.1 Å². The highest BCUT2D eigenvalue weighted by molar-refractivity contribution is 6.19. The number of amides is 4. The van der Waals surface area contributed by atoms with Gasteiger partial charge >= 0.3 is 6.03 Å². The van der Waals surface area contributed by atoms with Gasteiger partial charge in [0.1, 0.15) is 6.04 Å². The van der Waals surface area contributed by atoms with Crippen LogP contribution in [0.3, 0.4) is 0 Å². The van der Waals surface area contributed by atoms with Gasteiger partial charge in [-0.2, -0.15) is 0 Å². The number of carbonyl (C=O) groups excluding carboxylic acids is 4. The number of urea groups is 1. The zero-order chi connectivity index (χ0) is 22.2. The van der Waals surface area contributed by atoms with Crippen molar-refractivity contribution in [2.75, 3.05) is 11.4 Å². The van der Waals surface area contributed by atoms with E-state index in [1.807, 2.05) is 12.1 Å². The van der Waals surface area contributed by atoms with Gasteiger partial charge in [-0.15, -0.1) is 0 Å². The van der Waals surface area contributed by atoms with E-state index in [0.29, 0.717) is 24.6 Å². The summed E-state index contributed by atoms with van der Waals surface area (Å²) < 4.78 is 0. The molecule has 2 aliphatic rings. The molecular formula is C22H28N3O5-. The molecule has 0 spiro atoms. The normalized spacial score (nSPS) is 21.6. The minimum absolute atomic E-state index is 0.0193. The molecule has 2 fully saturated rings. The first-order valence-electron chi connectivity index (χ1n) is 10.2. The number of carboxylic acids is 1. The molecule has 2 saturated heterocycles. The third-order valence-corrected chi connectivity index (χ3v) is 5.77. The van der Waals surface area contributed by atoms with Gasteiger partial charge in [-0.25, -0.2) is 9.69 Å². The lowest BCUT2D eigenvalue weighted by Gasteiger charge is -2.37. The van der Waals surface area contributed by atoms with Gasteiger partial charge in [0.05, 0.1) is 11.7 Å². The van der Waals surface area contributed by atoms with Crippen LogP contribution in [0, 0.1) is 5.41 Å². The van der Waals surface area contributed by atoms with Crippen molar-refractivity contribution in [3.63, 3.8) is 0 Å². The van der Waals surface area contributed by atoms with E-state index in [9.17, 15) is 24.3 Å². The number of fused-ring (bicyclic) bond motifs is 1. The molecule has 0 aliphatic carbocycles. The van der Waals surface area contributed by atoms with Crippen LogP contribution < -0.4 is 15.3 Å². The Morgan fingerprint density at radius 2 is 1.80 bits per heavy atom. The van der Waals surface area contributed by atoms with Gasteiger partial charge in [0.15, 0.2) is 0 Å². The van der Waals surface area contributed by atoms with Gasteiger partial charge in [0.25, 0.3) is 5.91 Å². The lowest BCUT2D eigenvalue weighted by molar-refractivity contribution is -0.307. The summed E-state index contributed by atoms with van der Waals surface area (Å²) in [5.74, 6) is -1.64. The fourth-order valence-electron chi connectivity index (χ4n) is 4.20. The first-order chi connectivity index (χ1) is 14.0. The molecule has 3 rings (SSSR count). The Kier molecular flexibility index (Phi) is 5.87. The summed E-state index contributed by atoms with van der Waals surface area (Å²) in [4.78, 5) is 52.3. The fourth-order valence-corrected chi connectivity index (χ4v) is 4.20. The van der Waals surface area contributed by atoms with Gasteiger partial charge in [0, 0.05) is 18.9 Å². The number of anilines is 1. The quantitative estimate of drug-likeness (QED) is 0.756. The molecule has 8 heteroatoms. The topological polar surface area (TPSA) is 110 Å². The molecular weight excluding hydrogens is 386 g/mol. The Morgan fingerprint density at radius 1 is 1.17 bits per heavy atom. The number of aliphatic carboxylic acids is 1. The van der Waals surface area contributed by atoms with Crippen molar-refractivity contribution < 1.29 is 24.3 Å². The average Bonchev–Trinajstić information content (AvgIpc) is 3.04. The van der Waals surface area contributed by atoms with Crippen LogP contribution >= 0.6 is 0 Å². The van der Waals surface area contributed by atoms with Crippen LogP contribution in [-0.4, -0.2) is 47.3 Å². The minimum atomic E-state index is -1.22. The van der Waals surface area contributed by atoms with E-state index in [0.717, 1.165) is 10.5 Å². The first-order valence-corrected chi connectivity index (χ1v) is 10.2. The Bertz CT molecular complexity index is 862. The first kappa shape index (κ1) is 21.8. The number of carbonyl (C=O) groups is 4. The zero-order valence-corrected chi connectivity index (χ0v) is 17.8. The Morgan fingerprint density at radius 3 is 2.37 bits per heavy atom. The van der Waals surface area contributed by atoms with Crippen LogP contribution in [0.25, 0.3) is 0 Å². The number of likely N-dealkylation sites (tertiary alicyclic amines) is 1. The molecule has 2 atom stereocenters. The lowest BCUT2D eigenvalue weighted by atomic mass is 9.85. The van der Waals surface area contributed by atoms with Crippen LogP contribution in [0.1, 0.15) is 58.4 Å². The van der Waals surface area contributed by atoms with E-state index in [2.05, 4.69) is 19.2 Å². The SMILES string of the molecule is CC(C)c1ccc(N2C(=O)N[C@@H]3CCN(C(=O)CC(C)(C)CC(=O)[O-])[C@@H]3C2=O)cc1. The number of carboxylic acid groups (broad SMARTS) is 1. The number of hydrogen-bond acceptors (Lipinski definition) is 5. The highest BCUT2D eigenvalue weighted by Gasteiger charge is 2.50.